The molecule has 16 heavy (non-hydrogen) atoms. The zero-order chi connectivity index (χ0) is 12.1. The molecule has 0 aliphatic carbocycles. The van der Waals surface area contributed by atoms with Gasteiger partial charge in [-0.15, -0.1) is 11.8 Å². The van der Waals surface area contributed by atoms with Crippen LogP contribution in [0, 0.1) is 11.3 Å². The van der Waals surface area contributed by atoms with Crippen molar-refractivity contribution in [2.45, 2.75) is 23.1 Å². The zero-order valence-corrected chi connectivity index (χ0v) is 11.6. The van der Waals surface area contributed by atoms with Crippen LogP contribution < -0.4 is 0 Å². The van der Waals surface area contributed by atoms with Gasteiger partial charge in [0.1, 0.15) is 5.78 Å². The van der Waals surface area contributed by atoms with E-state index in [9.17, 15) is 4.79 Å². The molecule has 0 heterocycles. The minimum absolute atomic E-state index is 0.0532. The highest BCUT2D eigenvalue weighted by Crippen LogP contribution is 2.32. The number of Topliss-reactive ketones (excluding diaryl/α,β-unsaturated/α-hetero) is 1. The molecule has 0 aliphatic heterocycles. The summed E-state index contributed by atoms with van der Waals surface area (Å²) in [6, 6.07) is 7.93. The fourth-order valence-electron chi connectivity index (χ4n) is 1.50. The van der Waals surface area contributed by atoms with Crippen LogP contribution >= 0.6 is 27.7 Å². The van der Waals surface area contributed by atoms with E-state index >= 15 is 0 Å². The summed E-state index contributed by atoms with van der Waals surface area (Å²) < 4.78 is 0. The zero-order valence-electron chi connectivity index (χ0n) is 9.16. The predicted molar refractivity (Wildman–Crippen MR) is 69.9 cm³/mol. The molecule has 1 rings (SSSR count). The molecule has 0 spiro atoms. The summed E-state index contributed by atoms with van der Waals surface area (Å²) >= 11 is 4.96. The molecule has 0 saturated heterocycles. The van der Waals surface area contributed by atoms with Crippen LogP contribution in [0.25, 0.3) is 0 Å². The number of ketones is 1. The van der Waals surface area contributed by atoms with Crippen LogP contribution in [0.2, 0.25) is 0 Å². The molecule has 0 saturated carbocycles. The Hall–Kier alpha value is -0.790. The van der Waals surface area contributed by atoms with Gasteiger partial charge in [0, 0.05) is 4.90 Å². The van der Waals surface area contributed by atoms with Crippen molar-refractivity contribution in [3.8, 4) is 6.07 Å². The van der Waals surface area contributed by atoms with E-state index in [1.807, 2.05) is 24.5 Å². The van der Waals surface area contributed by atoms with E-state index in [4.69, 9.17) is 5.26 Å². The molecule has 84 valence electrons. The number of benzene rings is 1. The van der Waals surface area contributed by atoms with Gasteiger partial charge in [0.25, 0.3) is 0 Å². The van der Waals surface area contributed by atoms with Crippen molar-refractivity contribution in [2.24, 2.45) is 0 Å². The van der Waals surface area contributed by atoms with Gasteiger partial charge in [-0.25, -0.2) is 0 Å². The molecule has 1 atom stereocenters. The first kappa shape index (κ1) is 13.3. The Morgan fingerprint density at radius 1 is 1.62 bits per heavy atom. The van der Waals surface area contributed by atoms with Crippen molar-refractivity contribution in [1.82, 2.24) is 0 Å². The Morgan fingerprint density at radius 2 is 2.31 bits per heavy atom. The quantitative estimate of drug-likeness (QED) is 0.631. The van der Waals surface area contributed by atoms with E-state index in [0.717, 1.165) is 16.0 Å². The van der Waals surface area contributed by atoms with E-state index in [2.05, 4.69) is 22.0 Å². The summed E-state index contributed by atoms with van der Waals surface area (Å²) in [6.07, 6.45) is 2.30. The Labute approximate surface area is 108 Å². The van der Waals surface area contributed by atoms with Gasteiger partial charge in [0.15, 0.2) is 0 Å². The molecular formula is C12H12BrNOS. The van der Waals surface area contributed by atoms with Gasteiger partial charge in [0.2, 0.25) is 0 Å². The molecule has 2 nitrogen and oxygen atoms in total. The topological polar surface area (TPSA) is 40.9 Å². The second kappa shape index (κ2) is 6.07. The number of halogens is 1. The van der Waals surface area contributed by atoms with Crippen molar-refractivity contribution < 1.29 is 4.79 Å². The second-order valence-corrected chi connectivity index (χ2v) is 5.10. The minimum Gasteiger partial charge on any atom is -0.298 e. The number of carbonyl (C=O) groups is 1. The summed E-state index contributed by atoms with van der Waals surface area (Å²) in [4.78, 5) is 12.1. The highest BCUT2D eigenvalue weighted by atomic mass is 79.9. The first-order valence-electron chi connectivity index (χ1n) is 4.79. The van der Waals surface area contributed by atoms with Crippen molar-refractivity contribution in [3.63, 3.8) is 0 Å². The molecule has 4 heteroatoms. The number of hydrogen-bond donors (Lipinski definition) is 0. The lowest BCUT2D eigenvalue weighted by molar-refractivity contribution is -0.116. The van der Waals surface area contributed by atoms with E-state index in [0.29, 0.717) is 6.42 Å². The fourth-order valence-corrected chi connectivity index (χ4v) is 2.58. The number of thioether (sulfide) groups is 1. The highest BCUT2D eigenvalue weighted by molar-refractivity contribution is 9.09. The molecular weight excluding hydrogens is 286 g/mol. The average molecular weight is 298 g/mol. The van der Waals surface area contributed by atoms with Crippen LogP contribution in [0.3, 0.4) is 0 Å². The van der Waals surface area contributed by atoms with Crippen LogP contribution in [0.1, 0.15) is 22.9 Å². The lowest BCUT2D eigenvalue weighted by Crippen LogP contribution is -2.05. The Bertz CT molecular complexity index is 439. The molecule has 0 aromatic heterocycles. The second-order valence-electron chi connectivity index (χ2n) is 3.34. The summed E-state index contributed by atoms with van der Waals surface area (Å²) in [7, 11) is 0. The van der Waals surface area contributed by atoms with Crippen LogP contribution in [0.5, 0.6) is 0 Å². The third-order valence-electron chi connectivity index (χ3n) is 2.27. The highest BCUT2D eigenvalue weighted by Gasteiger charge is 2.18. The number of nitriles is 1. The molecule has 0 amide bonds. The maximum absolute atomic E-state index is 11.4. The third-order valence-corrected chi connectivity index (χ3v) is 4.24. The minimum atomic E-state index is -0.317. The normalized spacial score (nSPS) is 11.9. The molecule has 0 fully saturated rings. The monoisotopic (exact) mass is 297 g/mol. The predicted octanol–water partition coefficient (Wildman–Crippen LogP) is 3.50. The van der Waals surface area contributed by atoms with Crippen LogP contribution in [-0.2, 0) is 11.2 Å². The summed E-state index contributed by atoms with van der Waals surface area (Å²) in [5.41, 5.74) is 1.86. The molecule has 0 aliphatic rings. The van der Waals surface area contributed by atoms with Crippen LogP contribution in [0.4, 0.5) is 0 Å². The Morgan fingerprint density at radius 3 is 2.81 bits per heavy atom. The standard InChI is InChI=1S/C12H12BrNOS/c1-8(15)12(13)10-4-3-5-11(16-2)9(10)6-7-14/h3-5,12H,6H2,1-2H3. The smallest absolute Gasteiger partial charge is 0.147 e. The van der Waals surface area contributed by atoms with E-state index in [-0.39, 0.29) is 10.6 Å². The van der Waals surface area contributed by atoms with Crippen LogP contribution in [-0.4, -0.2) is 12.0 Å². The van der Waals surface area contributed by atoms with Gasteiger partial charge >= 0.3 is 0 Å². The van der Waals surface area contributed by atoms with Gasteiger partial charge in [0.05, 0.1) is 17.3 Å². The van der Waals surface area contributed by atoms with Gasteiger partial charge < -0.3 is 0 Å². The summed E-state index contributed by atoms with van der Waals surface area (Å²) in [5, 5.41) is 8.82. The molecule has 1 aromatic carbocycles. The average Bonchev–Trinajstić information content (AvgIpc) is 2.28. The van der Waals surface area contributed by atoms with Gasteiger partial charge in [-0.3, -0.25) is 4.79 Å². The van der Waals surface area contributed by atoms with Crippen LogP contribution in [0.15, 0.2) is 23.1 Å². The summed E-state index contributed by atoms with van der Waals surface area (Å²) in [6.45, 7) is 1.54. The SMILES string of the molecule is CSc1cccc(C(Br)C(C)=O)c1CC#N. The van der Waals surface area contributed by atoms with Crippen molar-refractivity contribution in [2.75, 3.05) is 6.26 Å². The first-order chi connectivity index (χ1) is 7.61. The van der Waals surface area contributed by atoms with Crippen molar-refractivity contribution >= 4 is 33.5 Å². The van der Waals surface area contributed by atoms with Crippen molar-refractivity contribution in [1.29, 1.82) is 5.26 Å². The Kier molecular flexibility index (Phi) is 5.04. The Balaban J connectivity index is 3.27. The first-order valence-corrected chi connectivity index (χ1v) is 6.93. The van der Waals surface area contributed by atoms with E-state index < -0.39 is 0 Å². The number of alkyl halides is 1. The number of carbonyl (C=O) groups excluding carboxylic acids is 1. The van der Waals surface area contributed by atoms with E-state index in [1.165, 1.54) is 0 Å². The lowest BCUT2D eigenvalue weighted by atomic mass is 10.0. The fraction of sp³-hybridized carbons (Fsp3) is 0.333. The maximum Gasteiger partial charge on any atom is 0.147 e. The van der Waals surface area contributed by atoms with Crippen molar-refractivity contribution in [3.05, 3.63) is 29.3 Å². The maximum atomic E-state index is 11.4. The van der Waals surface area contributed by atoms with Gasteiger partial charge in [-0.05, 0) is 30.4 Å². The molecule has 0 bridgehead atoms. The molecule has 1 unspecified atom stereocenters. The van der Waals surface area contributed by atoms with Gasteiger partial charge in [-0.1, -0.05) is 28.1 Å². The van der Waals surface area contributed by atoms with Gasteiger partial charge in [-0.2, -0.15) is 5.26 Å². The lowest BCUT2D eigenvalue weighted by Gasteiger charge is -2.14. The summed E-state index contributed by atoms with van der Waals surface area (Å²) in [5.74, 6) is 0.0532. The van der Waals surface area contributed by atoms with E-state index in [1.54, 1.807) is 18.7 Å². The number of rotatable bonds is 4. The molecule has 0 radical (unpaired) electrons. The largest absolute Gasteiger partial charge is 0.298 e. The number of nitrogens with zero attached hydrogens (tertiary/aromatic N) is 1. The number of hydrogen-bond acceptors (Lipinski definition) is 3. The molecule has 0 N–H and O–H groups in total. The third kappa shape index (κ3) is 2.87. The molecule has 1 aromatic rings.